The van der Waals surface area contributed by atoms with Crippen molar-refractivity contribution in [2.45, 2.75) is 5.92 Å². The van der Waals surface area contributed by atoms with Crippen LogP contribution >= 0.6 is 0 Å². The SMILES string of the molecule is CN(C)C(=O)C(c1ccccc1)c1ccccc1.O=C([O-])[O-].[Ca+2]. The van der Waals surface area contributed by atoms with Crippen LogP contribution in [0.25, 0.3) is 0 Å². The van der Waals surface area contributed by atoms with E-state index >= 15 is 0 Å². The van der Waals surface area contributed by atoms with Crippen LogP contribution in [0, 0.1) is 0 Å². The van der Waals surface area contributed by atoms with Crippen molar-refractivity contribution in [3.63, 3.8) is 0 Å². The van der Waals surface area contributed by atoms with Gasteiger partial charge < -0.3 is 19.9 Å². The molecule has 0 heterocycles. The quantitative estimate of drug-likeness (QED) is 0.742. The van der Waals surface area contributed by atoms with Crippen molar-refractivity contribution in [2.75, 3.05) is 14.1 Å². The van der Waals surface area contributed by atoms with Crippen molar-refractivity contribution in [3.8, 4) is 0 Å². The zero-order valence-corrected chi connectivity index (χ0v) is 15.3. The average Bonchev–Trinajstić information content (AvgIpc) is 2.49. The summed E-state index contributed by atoms with van der Waals surface area (Å²) < 4.78 is 0. The van der Waals surface area contributed by atoms with Gasteiger partial charge >= 0.3 is 37.7 Å². The second kappa shape index (κ2) is 11.0. The molecule has 0 aliphatic carbocycles. The van der Waals surface area contributed by atoms with Gasteiger partial charge in [0.1, 0.15) is 0 Å². The molecule has 0 saturated carbocycles. The van der Waals surface area contributed by atoms with E-state index in [4.69, 9.17) is 15.0 Å². The fourth-order valence-electron chi connectivity index (χ4n) is 2.03. The van der Waals surface area contributed by atoms with Gasteiger partial charge in [-0.25, -0.2) is 0 Å². The molecule has 2 aromatic carbocycles. The first-order valence-electron chi connectivity index (χ1n) is 6.62. The summed E-state index contributed by atoms with van der Waals surface area (Å²) in [4.78, 5) is 22.3. The molecule has 116 valence electrons. The van der Waals surface area contributed by atoms with Crippen LogP contribution < -0.4 is 10.2 Å². The van der Waals surface area contributed by atoms with Crippen LogP contribution in [0.15, 0.2) is 60.7 Å². The summed E-state index contributed by atoms with van der Waals surface area (Å²) in [7, 11) is 3.59. The van der Waals surface area contributed by atoms with E-state index in [1.807, 2.05) is 60.7 Å². The Morgan fingerprint density at radius 2 is 1.13 bits per heavy atom. The molecule has 0 unspecified atom stereocenters. The Bertz CT molecular complexity index is 559. The Hall–Kier alpha value is -1.56. The van der Waals surface area contributed by atoms with Crippen LogP contribution in [0.5, 0.6) is 0 Å². The maximum Gasteiger partial charge on any atom is 2.00 e. The molecule has 2 aromatic rings. The Kier molecular flexibility index (Phi) is 10.3. The third kappa shape index (κ3) is 7.50. The number of benzene rings is 2. The van der Waals surface area contributed by atoms with Gasteiger partial charge in [0.25, 0.3) is 0 Å². The van der Waals surface area contributed by atoms with E-state index in [0.717, 1.165) is 11.1 Å². The first-order chi connectivity index (χ1) is 10.4. The number of rotatable bonds is 3. The third-order valence-corrected chi connectivity index (χ3v) is 2.95. The van der Waals surface area contributed by atoms with Crippen molar-refractivity contribution in [1.29, 1.82) is 0 Å². The summed E-state index contributed by atoms with van der Waals surface area (Å²) >= 11 is 0. The topological polar surface area (TPSA) is 83.5 Å². The first-order valence-corrected chi connectivity index (χ1v) is 6.62. The van der Waals surface area contributed by atoms with Crippen molar-refractivity contribution >= 4 is 49.8 Å². The second-order valence-electron chi connectivity index (χ2n) is 4.74. The molecule has 0 saturated heterocycles. The van der Waals surface area contributed by atoms with Gasteiger partial charge in [-0.05, 0) is 17.3 Å². The Morgan fingerprint density at radius 3 is 1.39 bits per heavy atom. The Morgan fingerprint density at radius 1 is 0.826 bits per heavy atom. The summed E-state index contributed by atoms with van der Waals surface area (Å²) in [6, 6.07) is 19.8. The fraction of sp³-hybridized carbons (Fsp3) is 0.176. The largest absolute Gasteiger partial charge is 2.00 e. The normalized spacial score (nSPS) is 9.17. The van der Waals surface area contributed by atoms with Gasteiger partial charge in [0.2, 0.25) is 5.91 Å². The molecule has 5 nitrogen and oxygen atoms in total. The molecule has 0 aliphatic rings. The molecule has 0 bridgehead atoms. The van der Waals surface area contributed by atoms with Crippen LogP contribution in [0.4, 0.5) is 4.79 Å². The number of hydrogen-bond donors (Lipinski definition) is 0. The average molecular weight is 339 g/mol. The smallest absolute Gasteiger partial charge is 0.652 e. The molecule has 6 heteroatoms. The van der Waals surface area contributed by atoms with Crippen molar-refractivity contribution in [1.82, 2.24) is 4.90 Å². The number of carbonyl (C=O) groups is 2. The summed E-state index contributed by atoms with van der Waals surface area (Å²) in [5.74, 6) is -0.116. The van der Waals surface area contributed by atoms with E-state index < -0.39 is 6.16 Å². The number of amides is 1. The van der Waals surface area contributed by atoms with Gasteiger partial charge in [0, 0.05) is 14.1 Å². The summed E-state index contributed by atoms with van der Waals surface area (Å²) in [5.41, 5.74) is 2.06. The van der Waals surface area contributed by atoms with Gasteiger partial charge in [-0.2, -0.15) is 0 Å². The summed E-state index contributed by atoms with van der Waals surface area (Å²) in [6.07, 6.45) is -2.33. The van der Waals surface area contributed by atoms with Crippen LogP contribution in [-0.4, -0.2) is 68.8 Å². The maximum absolute atomic E-state index is 12.4. The van der Waals surface area contributed by atoms with Crippen molar-refractivity contribution < 1.29 is 19.8 Å². The molecular weight excluding hydrogens is 322 g/mol. The minimum atomic E-state index is -2.33. The van der Waals surface area contributed by atoms with Gasteiger partial charge in [-0.15, -0.1) is 0 Å². The number of carboxylic acid groups (broad SMARTS) is 2. The second-order valence-corrected chi connectivity index (χ2v) is 4.74. The molecule has 1 amide bonds. The number of likely N-dealkylation sites (N-methyl/N-ethyl adjacent to an activating group) is 1. The predicted molar refractivity (Wildman–Crippen MR) is 84.6 cm³/mol. The third-order valence-electron chi connectivity index (χ3n) is 2.95. The predicted octanol–water partition coefficient (Wildman–Crippen LogP) is 0.0789. The van der Waals surface area contributed by atoms with Crippen LogP contribution in [0.2, 0.25) is 0 Å². The zero-order chi connectivity index (χ0) is 16.5. The van der Waals surface area contributed by atoms with Crippen LogP contribution in [0.3, 0.4) is 0 Å². The monoisotopic (exact) mass is 339 g/mol. The van der Waals surface area contributed by atoms with E-state index in [9.17, 15) is 4.79 Å². The molecule has 0 atom stereocenters. The maximum atomic E-state index is 12.4. The van der Waals surface area contributed by atoms with Gasteiger partial charge in [-0.1, -0.05) is 60.7 Å². The van der Waals surface area contributed by atoms with E-state index in [0.29, 0.717) is 0 Å². The van der Waals surface area contributed by atoms with Gasteiger partial charge in [0.15, 0.2) is 0 Å². The van der Waals surface area contributed by atoms with E-state index in [-0.39, 0.29) is 49.6 Å². The minimum Gasteiger partial charge on any atom is -0.652 e. The number of hydrogen-bond acceptors (Lipinski definition) is 4. The molecule has 0 radical (unpaired) electrons. The van der Waals surface area contributed by atoms with Crippen molar-refractivity contribution in [3.05, 3.63) is 71.8 Å². The van der Waals surface area contributed by atoms with E-state index in [1.165, 1.54) is 0 Å². The summed E-state index contributed by atoms with van der Waals surface area (Å²) in [6.45, 7) is 0. The fourth-order valence-corrected chi connectivity index (χ4v) is 2.03. The molecule has 23 heavy (non-hydrogen) atoms. The van der Waals surface area contributed by atoms with Crippen LogP contribution in [0.1, 0.15) is 17.0 Å². The van der Waals surface area contributed by atoms with Gasteiger partial charge in [-0.3, -0.25) is 4.79 Å². The first kappa shape index (κ1) is 21.4. The standard InChI is InChI=1S/C16H17NO.CH2O3.Ca/c1-17(2)16(18)15(13-9-5-3-6-10-13)14-11-7-4-8-12-14;2-1(3)4;/h3-12,15H,1-2H3;(H2,2,3,4);/q;;+2/p-2. The Labute approximate surface area is 165 Å². The van der Waals surface area contributed by atoms with Crippen molar-refractivity contribution in [2.24, 2.45) is 0 Å². The molecule has 0 fully saturated rings. The summed E-state index contributed by atoms with van der Waals surface area (Å²) in [5, 5.41) is 16.7. The molecular formula is C17H17CaNO4. The molecule has 0 aromatic heterocycles. The van der Waals surface area contributed by atoms with Crippen LogP contribution in [-0.2, 0) is 4.79 Å². The molecule has 0 aliphatic heterocycles. The zero-order valence-electron chi connectivity index (χ0n) is 13.1. The molecule has 0 N–H and O–H groups in total. The number of nitrogens with zero attached hydrogens (tertiary/aromatic N) is 1. The number of carbonyl (C=O) groups excluding carboxylic acids is 2. The molecule has 2 rings (SSSR count). The van der Waals surface area contributed by atoms with E-state index in [1.54, 1.807) is 19.0 Å². The van der Waals surface area contributed by atoms with Gasteiger partial charge in [0.05, 0.1) is 5.92 Å². The van der Waals surface area contributed by atoms with E-state index in [2.05, 4.69) is 0 Å². The molecule has 0 spiro atoms. The Balaban J connectivity index is 0.000000871. The minimum absolute atomic E-state index is 0.